The van der Waals surface area contributed by atoms with Gasteiger partial charge in [0, 0.05) is 22.8 Å². The van der Waals surface area contributed by atoms with Gasteiger partial charge in [-0.15, -0.1) is 11.6 Å². The fourth-order valence-corrected chi connectivity index (χ4v) is 4.62. The molecule has 5 aliphatic rings. The molecule has 2 nitrogen and oxygen atoms in total. The third kappa shape index (κ3) is 0.866. The standard InChI is InChI=1S/C11H10Cl2O2/c12-5-1-4-3-2-6-7(10(3)14)8(9(5)13)11(4)15-6/h1,3-4,6-9,11H,2H2. The van der Waals surface area contributed by atoms with E-state index in [1.165, 1.54) is 0 Å². The number of alkyl halides is 1. The van der Waals surface area contributed by atoms with Crippen molar-refractivity contribution in [2.75, 3.05) is 0 Å². The highest BCUT2D eigenvalue weighted by Gasteiger charge is 2.67. The Morgan fingerprint density at radius 1 is 1.47 bits per heavy atom. The van der Waals surface area contributed by atoms with Crippen LogP contribution in [0.1, 0.15) is 6.42 Å². The van der Waals surface area contributed by atoms with Gasteiger partial charge >= 0.3 is 0 Å². The molecule has 6 bridgehead atoms. The molecule has 2 saturated heterocycles. The van der Waals surface area contributed by atoms with E-state index in [0.29, 0.717) is 5.78 Å². The summed E-state index contributed by atoms with van der Waals surface area (Å²) in [4.78, 5) is 12.1. The Hall–Kier alpha value is -0.0500. The van der Waals surface area contributed by atoms with Crippen LogP contribution in [-0.4, -0.2) is 23.4 Å². The van der Waals surface area contributed by atoms with E-state index in [-0.39, 0.29) is 41.3 Å². The molecular weight excluding hydrogens is 235 g/mol. The predicted molar refractivity (Wildman–Crippen MR) is 55.8 cm³/mol. The number of carbonyl (C=O) groups excluding carboxylic acids is 1. The first kappa shape index (κ1) is 9.03. The van der Waals surface area contributed by atoms with Gasteiger partial charge in [0.25, 0.3) is 0 Å². The second-order valence-corrected chi connectivity index (χ2v) is 5.92. The van der Waals surface area contributed by atoms with Crippen LogP contribution >= 0.6 is 23.2 Å². The molecular formula is C11H10Cl2O2. The molecule has 2 aliphatic heterocycles. The van der Waals surface area contributed by atoms with Crippen LogP contribution in [0.5, 0.6) is 0 Å². The fraction of sp³-hybridized carbons (Fsp3) is 0.727. The van der Waals surface area contributed by atoms with Gasteiger partial charge < -0.3 is 4.74 Å². The number of halogens is 2. The summed E-state index contributed by atoms with van der Waals surface area (Å²) >= 11 is 12.4. The lowest BCUT2D eigenvalue weighted by atomic mass is 9.67. The Bertz CT molecular complexity index is 392. The van der Waals surface area contributed by atoms with Crippen LogP contribution in [0.2, 0.25) is 0 Å². The van der Waals surface area contributed by atoms with Crippen LogP contribution in [0.3, 0.4) is 0 Å². The number of hydrogen-bond donors (Lipinski definition) is 0. The maximum absolute atomic E-state index is 12.1. The Balaban J connectivity index is 1.92. The van der Waals surface area contributed by atoms with Crippen molar-refractivity contribution in [2.45, 2.75) is 24.0 Å². The van der Waals surface area contributed by atoms with Gasteiger partial charge in [-0.05, 0) is 6.42 Å². The van der Waals surface area contributed by atoms with Gasteiger partial charge in [0.05, 0.1) is 23.5 Å². The van der Waals surface area contributed by atoms with Crippen molar-refractivity contribution in [3.05, 3.63) is 11.1 Å². The maximum Gasteiger partial charge on any atom is 0.142 e. The molecule has 3 aliphatic carbocycles. The molecule has 0 aromatic carbocycles. The van der Waals surface area contributed by atoms with Gasteiger partial charge in [-0.2, -0.15) is 0 Å². The van der Waals surface area contributed by atoms with Crippen molar-refractivity contribution in [1.29, 1.82) is 0 Å². The Morgan fingerprint density at radius 3 is 3.07 bits per heavy atom. The molecule has 2 heterocycles. The van der Waals surface area contributed by atoms with Gasteiger partial charge in [0.1, 0.15) is 5.78 Å². The second-order valence-electron chi connectivity index (χ2n) is 5.02. The smallest absolute Gasteiger partial charge is 0.142 e. The highest BCUT2D eigenvalue weighted by atomic mass is 35.5. The first-order valence-electron chi connectivity index (χ1n) is 5.39. The highest BCUT2D eigenvalue weighted by molar-refractivity contribution is 6.37. The Morgan fingerprint density at radius 2 is 2.27 bits per heavy atom. The minimum Gasteiger partial charge on any atom is -0.373 e. The van der Waals surface area contributed by atoms with Crippen molar-refractivity contribution in [3.8, 4) is 0 Å². The van der Waals surface area contributed by atoms with E-state index >= 15 is 0 Å². The molecule has 0 aromatic heterocycles. The minimum absolute atomic E-state index is 0.0289. The Labute approximate surface area is 97.6 Å². The van der Waals surface area contributed by atoms with E-state index in [0.717, 1.165) is 11.5 Å². The summed E-state index contributed by atoms with van der Waals surface area (Å²) in [6.45, 7) is 0. The highest BCUT2D eigenvalue weighted by Crippen LogP contribution is 2.60. The van der Waals surface area contributed by atoms with E-state index in [4.69, 9.17) is 27.9 Å². The lowest BCUT2D eigenvalue weighted by Gasteiger charge is -2.42. The van der Waals surface area contributed by atoms with Gasteiger partial charge in [0.2, 0.25) is 0 Å². The predicted octanol–water partition coefficient (Wildman–Crippen LogP) is 1.95. The molecule has 0 aromatic rings. The summed E-state index contributed by atoms with van der Waals surface area (Å²) in [6, 6.07) is 0. The average molecular weight is 245 g/mol. The summed E-state index contributed by atoms with van der Waals surface area (Å²) in [5.41, 5.74) is 0. The van der Waals surface area contributed by atoms with Crippen LogP contribution in [0, 0.1) is 23.7 Å². The SMILES string of the molecule is O=C1C2CC3OC4C2C=C(Cl)C(Cl)C4C13. The van der Waals surface area contributed by atoms with Crippen molar-refractivity contribution < 1.29 is 9.53 Å². The molecule has 4 heteroatoms. The largest absolute Gasteiger partial charge is 0.373 e. The van der Waals surface area contributed by atoms with Crippen molar-refractivity contribution in [1.82, 2.24) is 0 Å². The molecule has 0 N–H and O–H groups in total. The number of allylic oxidation sites excluding steroid dienone is 1. The molecule has 4 fully saturated rings. The van der Waals surface area contributed by atoms with Gasteiger partial charge in [0.15, 0.2) is 0 Å². The van der Waals surface area contributed by atoms with Crippen LogP contribution in [-0.2, 0) is 9.53 Å². The number of rotatable bonds is 0. The van der Waals surface area contributed by atoms with Crippen LogP contribution in [0.4, 0.5) is 0 Å². The normalized spacial score (nSPS) is 60.0. The van der Waals surface area contributed by atoms with Crippen molar-refractivity contribution >= 4 is 29.0 Å². The molecule has 2 saturated carbocycles. The zero-order chi connectivity index (χ0) is 10.3. The molecule has 80 valence electrons. The van der Waals surface area contributed by atoms with Crippen LogP contribution in [0.15, 0.2) is 11.1 Å². The van der Waals surface area contributed by atoms with Crippen LogP contribution < -0.4 is 0 Å². The third-order valence-corrected chi connectivity index (χ3v) is 5.50. The molecule has 7 unspecified atom stereocenters. The fourth-order valence-electron chi connectivity index (χ4n) is 3.96. The zero-order valence-corrected chi connectivity index (χ0v) is 9.41. The van der Waals surface area contributed by atoms with E-state index in [2.05, 4.69) is 0 Å². The number of ether oxygens (including phenoxy) is 1. The van der Waals surface area contributed by atoms with E-state index in [1.54, 1.807) is 0 Å². The van der Waals surface area contributed by atoms with E-state index in [9.17, 15) is 4.79 Å². The zero-order valence-electron chi connectivity index (χ0n) is 7.90. The monoisotopic (exact) mass is 244 g/mol. The molecule has 0 spiro atoms. The second kappa shape index (κ2) is 2.61. The van der Waals surface area contributed by atoms with Crippen LogP contribution in [0.25, 0.3) is 0 Å². The lowest BCUT2D eigenvalue weighted by molar-refractivity contribution is -0.131. The minimum atomic E-state index is -0.217. The average Bonchev–Trinajstić information content (AvgIpc) is 2.65. The quantitative estimate of drug-likeness (QED) is 0.610. The third-order valence-electron chi connectivity index (χ3n) is 4.50. The number of hydrogen-bond acceptors (Lipinski definition) is 2. The summed E-state index contributed by atoms with van der Waals surface area (Å²) in [5.74, 6) is 0.884. The molecule has 7 atom stereocenters. The van der Waals surface area contributed by atoms with E-state index in [1.807, 2.05) is 6.08 Å². The molecule has 5 rings (SSSR count). The number of Topliss-reactive ketones (excluding diaryl/α,β-unsaturated/α-hetero) is 1. The van der Waals surface area contributed by atoms with Gasteiger partial charge in [-0.1, -0.05) is 17.7 Å². The number of ketones is 1. The van der Waals surface area contributed by atoms with Gasteiger partial charge in [-0.25, -0.2) is 0 Å². The molecule has 15 heavy (non-hydrogen) atoms. The summed E-state index contributed by atoms with van der Waals surface area (Å²) < 4.78 is 5.90. The molecule has 0 amide bonds. The summed E-state index contributed by atoms with van der Waals surface area (Å²) in [7, 11) is 0. The first-order chi connectivity index (χ1) is 7.18. The topological polar surface area (TPSA) is 26.3 Å². The van der Waals surface area contributed by atoms with Crippen molar-refractivity contribution in [2.24, 2.45) is 23.7 Å². The summed E-state index contributed by atoms with van der Waals surface area (Å²) in [6.07, 6.45) is 3.12. The maximum atomic E-state index is 12.1. The molecule has 0 radical (unpaired) electrons. The number of carbonyl (C=O) groups is 1. The Kier molecular flexibility index (Phi) is 1.57. The lowest BCUT2D eigenvalue weighted by Crippen LogP contribution is -2.48. The van der Waals surface area contributed by atoms with Crippen molar-refractivity contribution in [3.63, 3.8) is 0 Å². The first-order valence-corrected chi connectivity index (χ1v) is 6.20. The van der Waals surface area contributed by atoms with Gasteiger partial charge in [-0.3, -0.25) is 4.79 Å². The summed E-state index contributed by atoms with van der Waals surface area (Å²) in [5, 5.41) is 0.502. The van der Waals surface area contributed by atoms with E-state index < -0.39 is 0 Å².